The van der Waals surface area contributed by atoms with E-state index in [4.69, 9.17) is 4.74 Å². The van der Waals surface area contributed by atoms with E-state index in [2.05, 4.69) is 11.8 Å². The van der Waals surface area contributed by atoms with Crippen LogP contribution < -0.4 is 0 Å². The SMILES string of the molecule is CCCC1(C(=O)O)CCN(CC2CCCOC2)C1. The van der Waals surface area contributed by atoms with Crippen LogP contribution >= 0.6 is 0 Å². The Hall–Kier alpha value is -0.610. The maximum absolute atomic E-state index is 11.5. The highest BCUT2D eigenvalue weighted by Gasteiger charge is 2.44. The van der Waals surface area contributed by atoms with Crippen molar-refractivity contribution in [3.63, 3.8) is 0 Å². The largest absolute Gasteiger partial charge is 0.481 e. The standard InChI is InChI=1S/C14H25NO3/c1-2-5-14(13(16)17)6-7-15(11-14)9-12-4-3-8-18-10-12/h12H,2-11H2,1H3,(H,16,17). The number of carboxylic acids is 1. The van der Waals surface area contributed by atoms with Crippen LogP contribution in [0.5, 0.6) is 0 Å². The molecular formula is C14H25NO3. The average molecular weight is 255 g/mol. The molecule has 0 saturated carbocycles. The molecule has 104 valence electrons. The van der Waals surface area contributed by atoms with Gasteiger partial charge in [0, 0.05) is 19.7 Å². The minimum absolute atomic E-state index is 0.482. The van der Waals surface area contributed by atoms with Crippen LogP contribution in [0.15, 0.2) is 0 Å². The van der Waals surface area contributed by atoms with Crippen molar-refractivity contribution in [1.82, 2.24) is 4.90 Å². The van der Waals surface area contributed by atoms with E-state index in [9.17, 15) is 9.90 Å². The maximum atomic E-state index is 11.5. The van der Waals surface area contributed by atoms with Gasteiger partial charge in [0.05, 0.1) is 12.0 Å². The summed E-state index contributed by atoms with van der Waals surface area (Å²) in [5.41, 5.74) is -0.482. The quantitative estimate of drug-likeness (QED) is 0.816. The van der Waals surface area contributed by atoms with Crippen molar-refractivity contribution in [2.24, 2.45) is 11.3 Å². The van der Waals surface area contributed by atoms with Gasteiger partial charge in [0.2, 0.25) is 0 Å². The lowest BCUT2D eigenvalue weighted by atomic mass is 9.83. The van der Waals surface area contributed by atoms with E-state index in [0.29, 0.717) is 5.92 Å². The Labute approximate surface area is 109 Å². The Morgan fingerprint density at radius 3 is 3.00 bits per heavy atom. The zero-order chi connectivity index (χ0) is 13.0. The summed E-state index contributed by atoms with van der Waals surface area (Å²) in [5.74, 6) is -0.00304. The lowest BCUT2D eigenvalue weighted by Gasteiger charge is -2.28. The summed E-state index contributed by atoms with van der Waals surface area (Å²) in [4.78, 5) is 13.8. The van der Waals surface area contributed by atoms with Gasteiger partial charge in [-0.2, -0.15) is 0 Å². The highest BCUT2D eigenvalue weighted by Crippen LogP contribution is 2.36. The molecule has 0 bridgehead atoms. The molecule has 0 amide bonds. The fourth-order valence-corrected chi connectivity index (χ4v) is 3.39. The van der Waals surface area contributed by atoms with Crippen LogP contribution in [0.2, 0.25) is 0 Å². The number of rotatable bonds is 5. The summed E-state index contributed by atoms with van der Waals surface area (Å²) in [7, 11) is 0. The highest BCUT2D eigenvalue weighted by atomic mass is 16.5. The monoisotopic (exact) mass is 255 g/mol. The predicted molar refractivity (Wildman–Crippen MR) is 69.6 cm³/mol. The molecule has 18 heavy (non-hydrogen) atoms. The van der Waals surface area contributed by atoms with Gasteiger partial charge >= 0.3 is 5.97 Å². The molecule has 2 saturated heterocycles. The molecule has 0 aromatic carbocycles. The summed E-state index contributed by atoms with van der Waals surface area (Å²) >= 11 is 0. The minimum Gasteiger partial charge on any atom is -0.481 e. The zero-order valence-electron chi connectivity index (χ0n) is 11.4. The molecular weight excluding hydrogens is 230 g/mol. The molecule has 2 heterocycles. The first-order valence-electron chi connectivity index (χ1n) is 7.20. The second-order valence-electron chi connectivity index (χ2n) is 5.90. The zero-order valence-corrected chi connectivity index (χ0v) is 11.4. The van der Waals surface area contributed by atoms with Crippen molar-refractivity contribution in [2.75, 3.05) is 32.8 Å². The number of aliphatic carboxylic acids is 1. The molecule has 2 aliphatic rings. The maximum Gasteiger partial charge on any atom is 0.310 e. The van der Waals surface area contributed by atoms with Gasteiger partial charge in [-0.15, -0.1) is 0 Å². The van der Waals surface area contributed by atoms with Crippen LogP contribution in [0.1, 0.15) is 39.0 Å². The van der Waals surface area contributed by atoms with E-state index < -0.39 is 11.4 Å². The van der Waals surface area contributed by atoms with Crippen molar-refractivity contribution in [1.29, 1.82) is 0 Å². The summed E-state index contributed by atoms with van der Waals surface area (Å²) in [6.45, 7) is 6.49. The van der Waals surface area contributed by atoms with Gasteiger partial charge < -0.3 is 14.7 Å². The molecule has 0 aromatic heterocycles. The first-order valence-corrected chi connectivity index (χ1v) is 7.20. The van der Waals surface area contributed by atoms with Crippen LogP contribution in [0.4, 0.5) is 0 Å². The number of nitrogens with zero attached hydrogens (tertiary/aromatic N) is 1. The third kappa shape index (κ3) is 3.04. The molecule has 0 aliphatic carbocycles. The molecule has 2 unspecified atom stereocenters. The molecule has 2 rings (SSSR count). The fourth-order valence-electron chi connectivity index (χ4n) is 3.39. The van der Waals surface area contributed by atoms with Gasteiger partial charge in [0.25, 0.3) is 0 Å². The summed E-state index contributed by atoms with van der Waals surface area (Å²) in [6.07, 6.45) is 4.94. The second-order valence-corrected chi connectivity index (χ2v) is 5.90. The molecule has 0 spiro atoms. The smallest absolute Gasteiger partial charge is 0.310 e. The second kappa shape index (κ2) is 6.02. The summed E-state index contributed by atoms with van der Waals surface area (Å²) in [6, 6.07) is 0. The fraction of sp³-hybridized carbons (Fsp3) is 0.929. The summed E-state index contributed by atoms with van der Waals surface area (Å²) in [5, 5.41) is 9.47. The lowest BCUT2D eigenvalue weighted by molar-refractivity contribution is -0.148. The highest BCUT2D eigenvalue weighted by molar-refractivity contribution is 5.75. The van der Waals surface area contributed by atoms with E-state index in [1.165, 1.54) is 6.42 Å². The molecule has 2 fully saturated rings. The molecule has 1 N–H and O–H groups in total. The normalized spacial score (nSPS) is 33.7. The Bertz CT molecular complexity index is 289. The van der Waals surface area contributed by atoms with Gasteiger partial charge in [-0.3, -0.25) is 4.79 Å². The molecule has 2 atom stereocenters. The van der Waals surface area contributed by atoms with Gasteiger partial charge in [-0.1, -0.05) is 13.3 Å². The Morgan fingerprint density at radius 1 is 1.56 bits per heavy atom. The number of hydrogen-bond donors (Lipinski definition) is 1. The average Bonchev–Trinajstić information content (AvgIpc) is 2.76. The van der Waals surface area contributed by atoms with E-state index in [1.54, 1.807) is 0 Å². The van der Waals surface area contributed by atoms with E-state index in [-0.39, 0.29) is 0 Å². The Balaban J connectivity index is 1.87. The number of likely N-dealkylation sites (tertiary alicyclic amines) is 1. The summed E-state index contributed by atoms with van der Waals surface area (Å²) < 4.78 is 5.50. The van der Waals surface area contributed by atoms with Crippen LogP contribution in [0.25, 0.3) is 0 Å². The topological polar surface area (TPSA) is 49.8 Å². The van der Waals surface area contributed by atoms with Crippen LogP contribution in [-0.2, 0) is 9.53 Å². The number of hydrogen-bond acceptors (Lipinski definition) is 3. The lowest BCUT2D eigenvalue weighted by Crippen LogP contribution is -2.37. The number of carboxylic acid groups (broad SMARTS) is 1. The van der Waals surface area contributed by atoms with Gasteiger partial charge in [0.15, 0.2) is 0 Å². The third-order valence-corrected chi connectivity index (χ3v) is 4.39. The Morgan fingerprint density at radius 2 is 2.39 bits per heavy atom. The molecule has 2 aliphatic heterocycles. The van der Waals surface area contributed by atoms with Gasteiger partial charge in [-0.05, 0) is 38.1 Å². The van der Waals surface area contributed by atoms with Crippen LogP contribution in [0, 0.1) is 11.3 Å². The molecule has 4 heteroatoms. The van der Waals surface area contributed by atoms with E-state index in [1.807, 2.05) is 0 Å². The first-order chi connectivity index (χ1) is 8.66. The molecule has 0 radical (unpaired) electrons. The van der Waals surface area contributed by atoms with Crippen molar-refractivity contribution in [3.05, 3.63) is 0 Å². The molecule has 4 nitrogen and oxygen atoms in total. The Kier molecular flexibility index (Phi) is 4.62. The first kappa shape index (κ1) is 13.8. The van der Waals surface area contributed by atoms with Crippen molar-refractivity contribution >= 4 is 5.97 Å². The van der Waals surface area contributed by atoms with Crippen LogP contribution in [0.3, 0.4) is 0 Å². The van der Waals surface area contributed by atoms with Crippen LogP contribution in [-0.4, -0.2) is 48.8 Å². The molecule has 0 aromatic rings. The predicted octanol–water partition coefficient (Wildman–Crippen LogP) is 1.99. The third-order valence-electron chi connectivity index (χ3n) is 4.39. The van der Waals surface area contributed by atoms with E-state index >= 15 is 0 Å². The van der Waals surface area contributed by atoms with E-state index in [0.717, 1.165) is 58.5 Å². The van der Waals surface area contributed by atoms with Crippen molar-refractivity contribution < 1.29 is 14.6 Å². The number of ether oxygens (including phenoxy) is 1. The van der Waals surface area contributed by atoms with Crippen molar-refractivity contribution in [2.45, 2.75) is 39.0 Å². The van der Waals surface area contributed by atoms with Gasteiger partial charge in [-0.25, -0.2) is 0 Å². The number of carbonyl (C=O) groups is 1. The van der Waals surface area contributed by atoms with Gasteiger partial charge in [0.1, 0.15) is 0 Å². The minimum atomic E-state index is -0.605. The van der Waals surface area contributed by atoms with Crippen molar-refractivity contribution in [3.8, 4) is 0 Å².